The van der Waals surface area contributed by atoms with E-state index in [2.05, 4.69) is 10.4 Å². The molecule has 0 unspecified atom stereocenters. The van der Waals surface area contributed by atoms with E-state index in [0.29, 0.717) is 31.0 Å². The van der Waals surface area contributed by atoms with Gasteiger partial charge in [-0.05, 0) is 36.9 Å². The molecule has 0 bridgehead atoms. The van der Waals surface area contributed by atoms with Crippen molar-refractivity contribution in [2.45, 2.75) is 19.8 Å². The highest BCUT2D eigenvalue weighted by Crippen LogP contribution is 2.26. The largest absolute Gasteiger partial charge is 0.466 e. The summed E-state index contributed by atoms with van der Waals surface area (Å²) in [5, 5.41) is 9.09. The minimum Gasteiger partial charge on any atom is -0.466 e. The molecule has 1 N–H and O–H groups in total. The summed E-state index contributed by atoms with van der Waals surface area (Å²) in [7, 11) is 0. The smallest absolute Gasteiger partial charge is 0.357 e. The van der Waals surface area contributed by atoms with Crippen molar-refractivity contribution in [2.24, 2.45) is 0 Å². The Morgan fingerprint density at radius 2 is 1.90 bits per heavy atom. The number of carbonyl (C=O) groups excluding carboxylic acids is 3. The minimum absolute atomic E-state index is 0.218. The van der Waals surface area contributed by atoms with Gasteiger partial charge in [0.15, 0.2) is 12.3 Å². The van der Waals surface area contributed by atoms with Gasteiger partial charge >= 0.3 is 11.9 Å². The van der Waals surface area contributed by atoms with Crippen molar-refractivity contribution in [1.82, 2.24) is 15.1 Å². The third kappa shape index (κ3) is 6.26. The Bertz CT molecular complexity index is 1020. The van der Waals surface area contributed by atoms with Crippen LogP contribution in [0.3, 0.4) is 0 Å². The van der Waals surface area contributed by atoms with E-state index >= 15 is 0 Å². The summed E-state index contributed by atoms with van der Waals surface area (Å²) in [5.74, 6) is -1.40. The molecule has 0 saturated heterocycles. The number of carbonyl (C=O) groups is 3. The first-order valence-corrected chi connectivity index (χ1v) is 10.7. The zero-order valence-corrected chi connectivity index (χ0v) is 17.9. The molecule has 0 saturated carbocycles. The second-order valence-electron chi connectivity index (χ2n) is 6.47. The second kappa shape index (κ2) is 11.1. The van der Waals surface area contributed by atoms with Crippen molar-refractivity contribution in [3.8, 4) is 16.3 Å². The molecule has 0 aliphatic heterocycles. The van der Waals surface area contributed by atoms with E-state index in [0.717, 1.165) is 4.88 Å². The second-order valence-corrected chi connectivity index (χ2v) is 7.42. The first-order chi connectivity index (χ1) is 15.1. The number of hydrogen-bond donors (Lipinski definition) is 1. The summed E-state index contributed by atoms with van der Waals surface area (Å²) in [6, 6.07) is 14.7. The summed E-state index contributed by atoms with van der Waals surface area (Å²) < 4.78 is 11.5. The van der Waals surface area contributed by atoms with E-state index in [1.807, 2.05) is 47.8 Å². The number of esters is 2. The van der Waals surface area contributed by atoms with Crippen LogP contribution in [0.2, 0.25) is 0 Å². The van der Waals surface area contributed by atoms with Crippen molar-refractivity contribution < 1.29 is 23.9 Å². The average molecular weight is 442 g/mol. The Morgan fingerprint density at radius 1 is 1.10 bits per heavy atom. The Labute approximate surface area is 183 Å². The molecule has 0 fully saturated rings. The van der Waals surface area contributed by atoms with Crippen LogP contribution in [0.4, 0.5) is 0 Å². The van der Waals surface area contributed by atoms with Gasteiger partial charge in [0.25, 0.3) is 5.91 Å². The number of para-hydroxylation sites is 1. The Kier molecular flexibility index (Phi) is 7.94. The van der Waals surface area contributed by atoms with Crippen LogP contribution in [-0.2, 0) is 19.1 Å². The number of aromatic nitrogens is 2. The molecule has 0 radical (unpaired) electrons. The van der Waals surface area contributed by atoms with E-state index in [4.69, 9.17) is 9.47 Å². The Balaban J connectivity index is 1.60. The van der Waals surface area contributed by atoms with Gasteiger partial charge in [-0.3, -0.25) is 9.59 Å². The van der Waals surface area contributed by atoms with Crippen molar-refractivity contribution in [2.75, 3.05) is 19.8 Å². The van der Waals surface area contributed by atoms with E-state index in [9.17, 15) is 14.4 Å². The zero-order chi connectivity index (χ0) is 22.1. The monoisotopic (exact) mass is 441 g/mol. The van der Waals surface area contributed by atoms with Gasteiger partial charge in [-0.2, -0.15) is 5.10 Å². The number of hydrogen-bond acceptors (Lipinski definition) is 7. The number of thiophene rings is 1. The number of ether oxygens (including phenoxy) is 2. The highest BCUT2D eigenvalue weighted by Gasteiger charge is 2.20. The minimum atomic E-state index is -0.652. The third-order valence-electron chi connectivity index (χ3n) is 4.21. The molecular formula is C22H23N3O5S. The number of nitrogens with one attached hydrogen (secondary N) is 1. The number of benzene rings is 1. The van der Waals surface area contributed by atoms with Gasteiger partial charge in [-0.15, -0.1) is 11.3 Å². The van der Waals surface area contributed by atoms with Crippen molar-refractivity contribution in [1.29, 1.82) is 0 Å². The molecule has 1 amide bonds. The summed E-state index contributed by atoms with van der Waals surface area (Å²) in [6.07, 6.45) is 0.666. The maximum absolute atomic E-state index is 12.7. The molecule has 8 nitrogen and oxygen atoms in total. The van der Waals surface area contributed by atoms with Crippen LogP contribution < -0.4 is 5.32 Å². The Hall–Kier alpha value is -3.46. The van der Waals surface area contributed by atoms with Crippen molar-refractivity contribution >= 4 is 29.2 Å². The first kappa shape index (κ1) is 22.2. The molecular weight excluding hydrogens is 418 g/mol. The van der Waals surface area contributed by atoms with Crippen LogP contribution in [0.25, 0.3) is 16.3 Å². The number of amides is 1. The van der Waals surface area contributed by atoms with Crippen molar-refractivity contribution in [3.05, 3.63) is 59.6 Å². The normalized spacial score (nSPS) is 10.5. The molecule has 0 aliphatic carbocycles. The van der Waals surface area contributed by atoms with Crippen molar-refractivity contribution in [3.63, 3.8) is 0 Å². The van der Waals surface area contributed by atoms with Gasteiger partial charge in [0.2, 0.25) is 0 Å². The zero-order valence-electron chi connectivity index (χ0n) is 17.1. The van der Waals surface area contributed by atoms with E-state index < -0.39 is 18.5 Å². The summed E-state index contributed by atoms with van der Waals surface area (Å²) in [4.78, 5) is 36.9. The molecule has 162 valence electrons. The Morgan fingerprint density at radius 3 is 2.61 bits per heavy atom. The fourth-order valence-corrected chi connectivity index (χ4v) is 3.47. The molecule has 9 heteroatoms. The van der Waals surface area contributed by atoms with Crippen LogP contribution in [-0.4, -0.2) is 47.4 Å². The molecule has 0 spiro atoms. The SMILES string of the molecule is CCOC(=O)CCCNC(=O)COC(=O)c1cc(-c2cccs2)nn1-c1ccccc1. The maximum Gasteiger partial charge on any atom is 0.357 e. The standard InChI is InChI=1S/C22H23N3O5S/c1-2-29-21(27)11-6-12-23-20(26)15-30-22(28)18-14-17(19-10-7-13-31-19)24-25(18)16-8-4-3-5-9-16/h3-5,7-10,13-14H,2,6,11-12,15H2,1H3,(H,23,26). The number of rotatable bonds is 10. The van der Waals surface area contributed by atoms with Gasteiger partial charge in [-0.1, -0.05) is 24.3 Å². The van der Waals surface area contributed by atoms with Crippen LogP contribution >= 0.6 is 11.3 Å². The highest BCUT2D eigenvalue weighted by atomic mass is 32.1. The summed E-state index contributed by atoms with van der Waals surface area (Å²) in [6.45, 7) is 1.93. The molecule has 3 rings (SSSR count). The molecule has 0 aliphatic rings. The molecule has 0 atom stereocenters. The predicted octanol–water partition coefficient (Wildman–Crippen LogP) is 3.22. The van der Waals surface area contributed by atoms with Crippen LogP contribution in [0.1, 0.15) is 30.3 Å². The highest BCUT2D eigenvalue weighted by molar-refractivity contribution is 7.13. The fraction of sp³-hybridized carbons (Fsp3) is 0.273. The average Bonchev–Trinajstić information content (AvgIpc) is 3.46. The summed E-state index contributed by atoms with van der Waals surface area (Å²) in [5.41, 5.74) is 1.58. The molecule has 31 heavy (non-hydrogen) atoms. The fourth-order valence-electron chi connectivity index (χ4n) is 2.79. The van der Waals surface area contributed by atoms with Crippen LogP contribution in [0.15, 0.2) is 53.9 Å². The van der Waals surface area contributed by atoms with Gasteiger partial charge in [0, 0.05) is 19.0 Å². The van der Waals surface area contributed by atoms with Crippen LogP contribution in [0.5, 0.6) is 0 Å². The lowest BCUT2D eigenvalue weighted by Crippen LogP contribution is -2.30. The van der Waals surface area contributed by atoms with Crippen LogP contribution in [0, 0.1) is 0 Å². The lowest BCUT2D eigenvalue weighted by molar-refractivity contribution is -0.143. The first-order valence-electron chi connectivity index (χ1n) is 9.87. The molecule has 2 heterocycles. The molecule has 2 aromatic heterocycles. The van der Waals surface area contributed by atoms with Gasteiger partial charge in [-0.25, -0.2) is 9.48 Å². The topological polar surface area (TPSA) is 99.5 Å². The van der Waals surface area contributed by atoms with E-state index in [-0.39, 0.29) is 18.1 Å². The van der Waals surface area contributed by atoms with E-state index in [1.165, 1.54) is 16.0 Å². The van der Waals surface area contributed by atoms with Gasteiger partial charge in [0.05, 0.1) is 17.2 Å². The lowest BCUT2D eigenvalue weighted by atomic mass is 10.3. The van der Waals surface area contributed by atoms with E-state index in [1.54, 1.807) is 13.0 Å². The third-order valence-corrected chi connectivity index (χ3v) is 5.10. The quantitative estimate of drug-likeness (QED) is 0.383. The number of nitrogens with zero attached hydrogens (tertiary/aromatic N) is 2. The van der Waals surface area contributed by atoms with Gasteiger partial charge < -0.3 is 14.8 Å². The molecule has 3 aromatic rings. The van der Waals surface area contributed by atoms with Gasteiger partial charge in [0.1, 0.15) is 5.69 Å². The predicted molar refractivity (Wildman–Crippen MR) is 116 cm³/mol. The lowest BCUT2D eigenvalue weighted by Gasteiger charge is -2.08. The summed E-state index contributed by atoms with van der Waals surface area (Å²) >= 11 is 1.51. The molecule has 1 aromatic carbocycles. The maximum atomic E-state index is 12.7.